The van der Waals surface area contributed by atoms with E-state index in [-0.39, 0.29) is 17.3 Å². The van der Waals surface area contributed by atoms with E-state index >= 15 is 0 Å². The maximum atomic E-state index is 13.2. The molecule has 2 heterocycles. The Morgan fingerprint density at radius 1 is 1.14 bits per heavy atom. The van der Waals surface area contributed by atoms with Gasteiger partial charge in [-0.25, -0.2) is 4.68 Å². The molecule has 29 heavy (non-hydrogen) atoms. The predicted molar refractivity (Wildman–Crippen MR) is 99.0 cm³/mol. The van der Waals surface area contributed by atoms with E-state index < -0.39 is 17.7 Å². The van der Waals surface area contributed by atoms with Gasteiger partial charge < -0.3 is 10.5 Å². The lowest BCUT2D eigenvalue weighted by Gasteiger charge is -2.25. The molecule has 3 aromatic rings. The zero-order valence-electron chi connectivity index (χ0n) is 15.2. The van der Waals surface area contributed by atoms with Crippen molar-refractivity contribution >= 4 is 0 Å². The molecule has 5 nitrogen and oxygen atoms in total. The van der Waals surface area contributed by atoms with E-state index in [2.05, 4.69) is 5.10 Å². The molecule has 1 aromatic heterocycles. The van der Waals surface area contributed by atoms with E-state index in [1.807, 2.05) is 36.4 Å². The van der Waals surface area contributed by atoms with Crippen LogP contribution in [0.2, 0.25) is 0 Å². The first-order valence-electron chi connectivity index (χ1n) is 8.71. The van der Waals surface area contributed by atoms with Gasteiger partial charge in [-0.15, -0.1) is 0 Å². The maximum absolute atomic E-state index is 13.2. The van der Waals surface area contributed by atoms with Gasteiger partial charge in [-0.05, 0) is 30.7 Å². The van der Waals surface area contributed by atoms with Gasteiger partial charge >= 0.3 is 6.18 Å². The third-order valence-electron chi connectivity index (χ3n) is 4.78. The largest absolute Gasteiger partial charge is 0.422 e. The molecule has 2 N–H and O–H groups in total. The Kier molecular flexibility index (Phi) is 4.31. The number of aromatic nitrogens is 2. The molecule has 0 radical (unpaired) electrons. The minimum Gasteiger partial charge on any atom is -0.422 e. The summed E-state index contributed by atoms with van der Waals surface area (Å²) < 4.78 is 47.0. The van der Waals surface area contributed by atoms with Crippen molar-refractivity contribution in [3.05, 3.63) is 88.4 Å². The quantitative estimate of drug-likeness (QED) is 0.696. The molecule has 0 spiro atoms. The maximum Gasteiger partial charge on any atom is 0.416 e. The lowest BCUT2D eigenvalue weighted by molar-refractivity contribution is -0.137. The zero-order chi connectivity index (χ0) is 20.8. The van der Waals surface area contributed by atoms with Crippen LogP contribution in [0.15, 0.2) is 66.1 Å². The van der Waals surface area contributed by atoms with Gasteiger partial charge in [0, 0.05) is 0 Å². The molecule has 8 heteroatoms. The van der Waals surface area contributed by atoms with Crippen molar-refractivity contribution in [3.8, 4) is 17.6 Å². The number of rotatable bonds is 2. The molecule has 1 aliphatic heterocycles. The number of alkyl halides is 3. The summed E-state index contributed by atoms with van der Waals surface area (Å²) in [5.41, 5.74) is 7.27. The third-order valence-corrected chi connectivity index (χ3v) is 4.78. The molecule has 0 saturated carbocycles. The number of hydrogen-bond acceptors (Lipinski definition) is 4. The van der Waals surface area contributed by atoms with E-state index in [9.17, 15) is 18.4 Å². The highest BCUT2D eigenvalue weighted by molar-refractivity contribution is 5.57. The standard InChI is InChI=1S/C21H15F3N4O/c1-12-17-18(13-6-5-7-14(10-13)21(22,23)24)16(11-25)19(26)29-20(17)28(27-12)15-8-3-2-4-9-15/h2-10,18H,26H2,1H3/t18-/m0/s1. The monoisotopic (exact) mass is 396 g/mol. The number of nitrogens with two attached hydrogens (primary N) is 1. The molecule has 0 fully saturated rings. The van der Waals surface area contributed by atoms with Gasteiger partial charge in [0.1, 0.15) is 11.6 Å². The van der Waals surface area contributed by atoms with Crippen LogP contribution in [0.25, 0.3) is 5.69 Å². The van der Waals surface area contributed by atoms with Crippen LogP contribution >= 0.6 is 0 Å². The molecule has 2 aromatic carbocycles. The number of benzene rings is 2. The Hall–Kier alpha value is -3.73. The van der Waals surface area contributed by atoms with E-state index in [0.29, 0.717) is 22.5 Å². The van der Waals surface area contributed by atoms with E-state index in [0.717, 1.165) is 12.1 Å². The lowest BCUT2D eigenvalue weighted by atomic mass is 9.83. The summed E-state index contributed by atoms with van der Waals surface area (Å²) in [6, 6.07) is 16.0. The van der Waals surface area contributed by atoms with Crippen LogP contribution in [0.3, 0.4) is 0 Å². The van der Waals surface area contributed by atoms with Crippen LogP contribution in [0.5, 0.6) is 5.88 Å². The van der Waals surface area contributed by atoms with Crippen LogP contribution in [0.4, 0.5) is 13.2 Å². The molecule has 0 bridgehead atoms. The fraction of sp³-hybridized carbons (Fsp3) is 0.143. The second-order valence-electron chi connectivity index (χ2n) is 6.60. The minimum absolute atomic E-state index is 0.0486. The van der Waals surface area contributed by atoms with Gasteiger partial charge in [0.05, 0.1) is 28.4 Å². The normalized spacial score (nSPS) is 16.2. The number of para-hydroxylation sites is 1. The van der Waals surface area contributed by atoms with E-state index in [1.165, 1.54) is 10.7 Å². The topological polar surface area (TPSA) is 76.9 Å². The minimum atomic E-state index is -4.50. The number of nitrogens with zero attached hydrogens (tertiary/aromatic N) is 3. The number of aryl methyl sites for hydroxylation is 1. The van der Waals surface area contributed by atoms with E-state index in [4.69, 9.17) is 10.5 Å². The van der Waals surface area contributed by atoms with Gasteiger partial charge in [0.25, 0.3) is 0 Å². The summed E-state index contributed by atoms with van der Waals surface area (Å²) in [7, 11) is 0. The number of ether oxygens (including phenoxy) is 1. The number of hydrogen-bond donors (Lipinski definition) is 1. The Bertz CT molecular complexity index is 1160. The summed E-state index contributed by atoms with van der Waals surface area (Å²) in [6.07, 6.45) is -4.50. The second kappa shape index (κ2) is 6.71. The average molecular weight is 396 g/mol. The summed E-state index contributed by atoms with van der Waals surface area (Å²) in [4.78, 5) is 0. The molecule has 0 aliphatic carbocycles. The van der Waals surface area contributed by atoms with Crippen LogP contribution in [0, 0.1) is 18.3 Å². The van der Waals surface area contributed by atoms with Crippen molar-refractivity contribution in [2.24, 2.45) is 5.73 Å². The first-order chi connectivity index (χ1) is 13.8. The van der Waals surface area contributed by atoms with Crippen molar-refractivity contribution in [1.29, 1.82) is 5.26 Å². The molecular formula is C21H15F3N4O. The van der Waals surface area contributed by atoms with Gasteiger partial charge in [-0.3, -0.25) is 0 Å². The second-order valence-corrected chi connectivity index (χ2v) is 6.60. The summed E-state index contributed by atoms with van der Waals surface area (Å²) >= 11 is 0. The summed E-state index contributed by atoms with van der Waals surface area (Å²) in [5, 5.41) is 14.1. The van der Waals surface area contributed by atoms with Gasteiger partial charge in [-0.2, -0.15) is 23.5 Å². The first kappa shape index (κ1) is 18.6. The van der Waals surface area contributed by atoms with Crippen molar-refractivity contribution in [2.45, 2.75) is 19.0 Å². The van der Waals surface area contributed by atoms with Crippen LogP contribution in [0.1, 0.15) is 28.3 Å². The Morgan fingerprint density at radius 2 is 1.86 bits per heavy atom. The number of nitriles is 1. The number of allylic oxidation sites excluding steroid dienone is 1. The molecular weight excluding hydrogens is 381 g/mol. The van der Waals surface area contributed by atoms with Gasteiger partial charge in [0.2, 0.25) is 11.8 Å². The number of fused-ring (bicyclic) bond motifs is 1. The number of halogens is 3. The molecule has 0 unspecified atom stereocenters. The predicted octanol–water partition coefficient (Wildman–Crippen LogP) is 4.42. The smallest absolute Gasteiger partial charge is 0.416 e. The highest BCUT2D eigenvalue weighted by atomic mass is 19.4. The first-order valence-corrected chi connectivity index (χ1v) is 8.71. The Labute approximate surface area is 164 Å². The zero-order valence-corrected chi connectivity index (χ0v) is 15.2. The van der Waals surface area contributed by atoms with Crippen LogP contribution in [-0.2, 0) is 6.18 Å². The van der Waals surface area contributed by atoms with Crippen LogP contribution < -0.4 is 10.5 Å². The third kappa shape index (κ3) is 3.10. The average Bonchev–Trinajstić information content (AvgIpc) is 3.03. The molecule has 1 aliphatic rings. The molecule has 146 valence electrons. The SMILES string of the molecule is Cc1nn(-c2ccccc2)c2c1[C@@H](c1cccc(C(F)(F)F)c1)C(C#N)=C(N)O2. The highest BCUT2D eigenvalue weighted by Gasteiger charge is 2.37. The molecule has 0 amide bonds. The van der Waals surface area contributed by atoms with E-state index in [1.54, 1.807) is 13.0 Å². The summed E-state index contributed by atoms with van der Waals surface area (Å²) in [6.45, 7) is 1.72. The highest BCUT2D eigenvalue weighted by Crippen LogP contribution is 2.45. The Morgan fingerprint density at radius 3 is 2.52 bits per heavy atom. The molecule has 0 saturated heterocycles. The van der Waals surface area contributed by atoms with Crippen molar-refractivity contribution < 1.29 is 17.9 Å². The van der Waals surface area contributed by atoms with Crippen molar-refractivity contribution in [2.75, 3.05) is 0 Å². The summed E-state index contributed by atoms with van der Waals surface area (Å²) in [5.74, 6) is -0.685. The van der Waals surface area contributed by atoms with Gasteiger partial charge in [0.15, 0.2) is 0 Å². The van der Waals surface area contributed by atoms with Gasteiger partial charge in [-0.1, -0.05) is 36.4 Å². The molecule has 1 atom stereocenters. The lowest BCUT2D eigenvalue weighted by Crippen LogP contribution is -2.22. The Balaban J connectivity index is 1.95. The van der Waals surface area contributed by atoms with Crippen molar-refractivity contribution in [1.82, 2.24) is 9.78 Å². The fourth-order valence-corrected chi connectivity index (χ4v) is 3.49. The van der Waals surface area contributed by atoms with Crippen molar-refractivity contribution in [3.63, 3.8) is 0 Å². The van der Waals surface area contributed by atoms with Crippen LogP contribution in [-0.4, -0.2) is 9.78 Å². The molecule has 4 rings (SSSR count). The fourth-order valence-electron chi connectivity index (χ4n) is 3.49.